The molecule has 0 unspecified atom stereocenters. The molecule has 1 amide bonds. The molecule has 1 heterocycles. The van der Waals surface area contributed by atoms with Crippen molar-refractivity contribution in [3.63, 3.8) is 0 Å². The van der Waals surface area contributed by atoms with Gasteiger partial charge in [0, 0.05) is 23.7 Å². The lowest BCUT2D eigenvalue weighted by Crippen LogP contribution is -2.15. The first kappa shape index (κ1) is 18.7. The fourth-order valence-corrected chi connectivity index (χ4v) is 2.64. The largest absolute Gasteiger partial charge is 0.495 e. The Kier molecular flexibility index (Phi) is 5.88. The van der Waals surface area contributed by atoms with Crippen LogP contribution in [-0.4, -0.2) is 23.0 Å². The molecule has 1 aromatic heterocycles. The van der Waals surface area contributed by atoms with Gasteiger partial charge in [-0.3, -0.25) is 4.79 Å². The van der Waals surface area contributed by atoms with Crippen molar-refractivity contribution in [3.8, 4) is 5.75 Å². The molecule has 27 heavy (non-hydrogen) atoms. The van der Waals surface area contributed by atoms with E-state index in [0.717, 1.165) is 11.1 Å². The maximum atomic E-state index is 12.6. The summed E-state index contributed by atoms with van der Waals surface area (Å²) in [5.41, 5.74) is 2.72. The van der Waals surface area contributed by atoms with E-state index in [9.17, 15) is 4.79 Å². The molecule has 0 spiro atoms. The lowest BCUT2D eigenvalue weighted by Gasteiger charge is -2.12. The highest BCUT2D eigenvalue weighted by Gasteiger charge is 2.14. The predicted octanol–water partition coefficient (Wildman–Crippen LogP) is 4.31. The van der Waals surface area contributed by atoms with Crippen molar-refractivity contribution >= 4 is 29.0 Å². The number of aryl methyl sites for hydroxylation is 1. The number of carbonyl (C=O) groups excluding carboxylic acids is 1. The first-order valence-electron chi connectivity index (χ1n) is 8.32. The first-order chi connectivity index (χ1) is 13.1. The van der Waals surface area contributed by atoms with E-state index >= 15 is 0 Å². The van der Waals surface area contributed by atoms with Crippen molar-refractivity contribution in [2.75, 3.05) is 17.7 Å². The number of carbonyl (C=O) groups is 1. The number of aromatic nitrogens is 2. The second-order valence-electron chi connectivity index (χ2n) is 5.88. The number of rotatable bonds is 6. The Morgan fingerprint density at radius 3 is 2.67 bits per heavy atom. The molecule has 0 aliphatic rings. The maximum Gasteiger partial charge on any atom is 0.274 e. The number of amides is 1. The van der Waals surface area contributed by atoms with Crippen LogP contribution in [0.4, 0.5) is 11.5 Å². The van der Waals surface area contributed by atoms with Crippen LogP contribution >= 0.6 is 11.6 Å². The van der Waals surface area contributed by atoms with Gasteiger partial charge in [0.05, 0.1) is 12.8 Å². The number of ether oxygens (including phenoxy) is 1. The molecule has 3 aromatic rings. The van der Waals surface area contributed by atoms with Crippen molar-refractivity contribution < 1.29 is 9.53 Å². The monoisotopic (exact) mass is 382 g/mol. The number of hydrogen-bond acceptors (Lipinski definition) is 5. The fourth-order valence-electron chi connectivity index (χ4n) is 2.48. The predicted molar refractivity (Wildman–Crippen MR) is 106 cm³/mol. The number of anilines is 2. The van der Waals surface area contributed by atoms with Gasteiger partial charge < -0.3 is 15.4 Å². The highest BCUT2D eigenvalue weighted by molar-refractivity contribution is 6.31. The molecule has 2 aromatic carbocycles. The van der Waals surface area contributed by atoms with Gasteiger partial charge in [-0.15, -0.1) is 0 Å². The minimum atomic E-state index is -0.361. The van der Waals surface area contributed by atoms with Crippen LogP contribution in [0.25, 0.3) is 0 Å². The molecule has 6 nitrogen and oxygen atoms in total. The molecule has 7 heteroatoms. The fraction of sp³-hybridized carbons (Fsp3) is 0.150. The molecule has 0 saturated heterocycles. The van der Waals surface area contributed by atoms with Crippen LogP contribution < -0.4 is 15.4 Å². The standard InChI is InChI=1S/C20H19ClN4O2/c1-13-8-16(18(27-2)9-15(13)21)25-20(26)17-10-19(24-12-23-17)22-11-14-6-4-3-5-7-14/h3-10,12H,11H2,1-2H3,(H,25,26)(H,22,23,24). The average molecular weight is 383 g/mol. The molecule has 0 aliphatic heterocycles. The molecule has 0 radical (unpaired) electrons. The first-order valence-corrected chi connectivity index (χ1v) is 8.70. The molecule has 3 rings (SSSR count). The van der Waals surface area contributed by atoms with Crippen LogP contribution in [0.15, 0.2) is 54.9 Å². The van der Waals surface area contributed by atoms with Gasteiger partial charge in [-0.2, -0.15) is 0 Å². The zero-order valence-electron chi connectivity index (χ0n) is 15.0. The zero-order chi connectivity index (χ0) is 19.2. The van der Waals surface area contributed by atoms with Gasteiger partial charge in [-0.25, -0.2) is 9.97 Å². The Hall–Kier alpha value is -3.12. The van der Waals surface area contributed by atoms with Gasteiger partial charge >= 0.3 is 0 Å². The van der Waals surface area contributed by atoms with Crippen LogP contribution in [-0.2, 0) is 6.54 Å². The summed E-state index contributed by atoms with van der Waals surface area (Å²) in [6, 6.07) is 15.0. The quantitative estimate of drug-likeness (QED) is 0.664. The van der Waals surface area contributed by atoms with Crippen molar-refractivity contribution in [1.82, 2.24) is 9.97 Å². The van der Waals surface area contributed by atoms with Crippen LogP contribution in [0, 0.1) is 6.92 Å². The third-order valence-corrected chi connectivity index (χ3v) is 4.35. The molecule has 0 atom stereocenters. The van der Waals surface area contributed by atoms with Crippen molar-refractivity contribution in [1.29, 1.82) is 0 Å². The molecule has 2 N–H and O–H groups in total. The summed E-state index contributed by atoms with van der Waals surface area (Å²) < 4.78 is 5.28. The molecular weight excluding hydrogens is 364 g/mol. The Morgan fingerprint density at radius 2 is 1.93 bits per heavy atom. The minimum Gasteiger partial charge on any atom is -0.495 e. The minimum absolute atomic E-state index is 0.246. The maximum absolute atomic E-state index is 12.6. The van der Waals surface area contributed by atoms with E-state index in [0.29, 0.717) is 28.8 Å². The lowest BCUT2D eigenvalue weighted by atomic mass is 10.2. The van der Waals surface area contributed by atoms with Crippen molar-refractivity contribution in [3.05, 3.63) is 76.7 Å². The molecule has 0 fully saturated rings. The summed E-state index contributed by atoms with van der Waals surface area (Å²) in [6.07, 6.45) is 1.35. The Morgan fingerprint density at radius 1 is 1.15 bits per heavy atom. The summed E-state index contributed by atoms with van der Waals surface area (Å²) in [7, 11) is 1.52. The number of nitrogens with one attached hydrogen (secondary N) is 2. The van der Waals surface area contributed by atoms with Gasteiger partial charge in [-0.05, 0) is 24.1 Å². The van der Waals surface area contributed by atoms with Crippen molar-refractivity contribution in [2.45, 2.75) is 13.5 Å². The van der Waals surface area contributed by atoms with Crippen LogP contribution in [0.2, 0.25) is 5.02 Å². The summed E-state index contributed by atoms with van der Waals surface area (Å²) in [6.45, 7) is 2.46. The molecule has 0 aliphatic carbocycles. The summed E-state index contributed by atoms with van der Waals surface area (Å²) in [5.74, 6) is 0.689. The molecular formula is C20H19ClN4O2. The molecule has 0 saturated carbocycles. The third kappa shape index (κ3) is 4.74. The number of benzene rings is 2. The Bertz CT molecular complexity index is 948. The SMILES string of the molecule is COc1cc(Cl)c(C)cc1NC(=O)c1cc(NCc2ccccc2)ncn1. The smallest absolute Gasteiger partial charge is 0.274 e. The Labute approximate surface area is 162 Å². The second kappa shape index (κ2) is 8.51. The lowest BCUT2D eigenvalue weighted by molar-refractivity contribution is 0.102. The summed E-state index contributed by atoms with van der Waals surface area (Å²) in [5, 5.41) is 6.56. The van der Waals surface area contributed by atoms with Gasteiger partial charge in [0.25, 0.3) is 5.91 Å². The average Bonchev–Trinajstić information content (AvgIpc) is 2.70. The van der Waals surface area contributed by atoms with E-state index in [1.807, 2.05) is 37.3 Å². The Balaban J connectivity index is 1.73. The van der Waals surface area contributed by atoms with E-state index in [1.165, 1.54) is 13.4 Å². The van der Waals surface area contributed by atoms with E-state index in [-0.39, 0.29) is 11.6 Å². The topological polar surface area (TPSA) is 76.1 Å². The second-order valence-corrected chi connectivity index (χ2v) is 6.29. The highest BCUT2D eigenvalue weighted by atomic mass is 35.5. The normalized spacial score (nSPS) is 10.3. The van der Waals surface area contributed by atoms with E-state index in [1.54, 1.807) is 18.2 Å². The molecule has 0 bridgehead atoms. The van der Waals surface area contributed by atoms with E-state index in [4.69, 9.17) is 16.3 Å². The van der Waals surface area contributed by atoms with Crippen LogP contribution in [0.3, 0.4) is 0 Å². The van der Waals surface area contributed by atoms with Gasteiger partial charge in [0.15, 0.2) is 0 Å². The zero-order valence-corrected chi connectivity index (χ0v) is 15.7. The van der Waals surface area contributed by atoms with Crippen LogP contribution in [0.1, 0.15) is 21.6 Å². The van der Waals surface area contributed by atoms with E-state index in [2.05, 4.69) is 20.6 Å². The number of methoxy groups -OCH3 is 1. The molecule has 138 valence electrons. The highest BCUT2D eigenvalue weighted by Crippen LogP contribution is 2.31. The van der Waals surface area contributed by atoms with Gasteiger partial charge in [0.1, 0.15) is 23.6 Å². The number of nitrogens with zero attached hydrogens (tertiary/aromatic N) is 2. The number of halogens is 1. The van der Waals surface area contributed by atoms with Crippen molar-refractivity contribution in [2.24, 2.45) is 0 Å². The third-order valence-electron chi connectivity index (χ3n) is 3.95. The van der Waals surface area contributed by atoms with Crippen LogP contribution in [0.5, 0.6) is 5.75 Å². The van der Waals surface area contributed by atoms with Gasteiger partial charge in [0.2, 0.25) is 0 Å². The summed E-state index contributed by atoms with van der Waals surface area (Å²) >= 11 is 6.10. The summed E-state index contributed by atoms with van der Waals surface area (Å²) in [4.78, 5) is 20.8. The van der Waals surface area contributed by atoms with E-state index < -0.39 is 0 Å². The number of hydrogen-bond donors (Lipinski definition) is 2. The van der Waals surface area contributed by atoms with Gasteiger partial charge in [-0.1, -0.05) is 41.9 Å².